The number of aliphatic hydroxyl groups excluding tert-OH is 14. The van der Waals surface area contributed by atoms with Gasteiger partial charge in [0.1, 0.15) is 115 Å². The Morgan fingerprint density at radius 1 is 0.682 bits per heavy atom. The number of aliphatic hydroxyl groups is 14. The highest BCUT2D eigenvalue weighted by molar-refractivity contribution is 5.96. The Bertz CT molecular complexity index is 2680. The molecule has 5 aliphatic heterocycles. The van der Waals surface area contributed by atoms with Gasteiger partial charge in [-0.15, -0.1) is 0 Å². The van der Waals surface area contributed by atoms with Crippen molar-refractivity contribution in [3.63, 3.8) is 0 Å². The van der Waals surface area contributed by atoms with E-state index in [9.17, 15) is 95.5 Å². The molecule has 0 aliphatic carbocycles. The number of guanidine groups is 2. The number of amides is 4. The van der Waals surface area contributed by atoms with Crippen molar-refractivity contribution >= 4 is 41.8 Å². The average molecular weight is 1250 g/mol. The second kappa shape index (κ2) is 30.9. The molecule has 2 aromatic rings. The molecule has 0 bridgehead atoms. The van der Waals surface area contributed by atoms with E-state index in [1.54, 1.807) is 37.3 Å². The van der Waals surface area contributed by atoms with Crippen LogP contribution in [0.1, 0.15) is 30.4 Å². The van der Waals surface area contributed by atoms with Crippen LogP contribution >= 0.6 is 0 Å². The van der Waals surface area contributed by atoms with Gasteiger partial charge in [-0.3, -0.25) is 34.8 Å². The molecule has 25 atom stereocenters. The van der Waals surface area contributed by atoms with Gasteiger partial charge in [-0.2, -0.15) is 0 Å². The number of rotatable bonds is 27. The van der Waals surface area contributed by atoms with Gasteiger partial charge in [0, 0.05) is 25.4 Å². The molecule has 25 N–H and O–H groups in total. The highest BCUT2D eigenvalue weighted by Gasteiger charge is 2.54. The lowest BCUT2D eigenvalue weighted by atomic mass is 9.89. The second-order valence-corrected chi connectivity index (χ2v) is 21.7. The Morgan fingerprint density at radius 3 is 1.85 bits per heavy atom. The van der Waals surface area contributed by atoms with Crippen molar-refractivity contribution in [2.75, 3.05) is 39.5 Å². The summed E-state index contributed by atoms with van der Waals surface area (Å²) in [7, 11) is 0. The van der Waals surface area contributed by atoms with Crippen molar-refractivity contribution in [3.8, 4) is 5.75 Å². The summed E-state index contributed by atoms with van der Waals surface area (Å²) in [6, 6.07) is 2.00. The lowest BCUT2D eigenvalue weighted by Crippen LogP contribution is -2.69. The lowest BCUT2D eigenvalue weighted by molar-refractivity contribution is -0.352. The van der Waals surface area contributed by atoms with Gasteiger partial charge in [0.25, 0.3) is 0 Å². The van der Waals surface area contributed by atoms with Crippen molar-refractivity contribution in [1.29, 1.82) is 10.8 Å². The summed E-state index contributed by atoms with van der Waals surface area (Å²) in [5.41, 5.74) is 7.52. The number of benzene rings is 2. The van der Waals surface area contributed by atoms with E-state index in [1.165, 1.54) is 30.6 Å². The predicted octanol–water partition coefficient (Wildman–Crippen LogP) is -12.0. The summed E-state index contributed by atoms with van der Waals surface area (Å²) in [5.74, 6) is -6.46. The molecule has 4 amide bonds. The number of carbonyl (C=O) groups excluding carboxylic acids is 5. The molecule has 7 rings (SSSR count). The van der Waals surface area contributed by atoms with E-state index in [-0.39, 0.29) is 23.8 Å². The first kappa shape index (κ1) is 69.1. The fourth-order valence-electron chi connectivity index (χ4n) is 10.9. The average Bonchev–Trinajstić information content (AvgIpc) is 2.31. The molecular weight excluding hydrogens is 1170 g/mol. The quantitative estimate of drug-likeness (QED) is 0.0395. The number of nitrogens with zero attached hydrogens (tertiary/aromatic N) is 1. The monoisotopic (exact) mass is 1250 g/mol. The first-order valence-corrected chi connectivity index (χ1v) is 28.1. The van der Waals surface area contributed by atoms with E-state index in [1.807, 2.05) is 0 Å². The Labute approximate surface area is 501 Å². The minimum atomic E-state index is -2.29. The molecule has 1 radical (unpaired) electrons. The number of nitrogens with two attached hydrogens (primary N) is 1. The SMILES string of the molecule is CCC(c1ccccc1)[C@H](N)C(=O)N[C@@H](Cc1ccc(OC2OC(CO)C(OC3OC(CO)C(O)C(O)C3O)C(O)C2O)cc1)C(=O)N[C@H](C(=O)N[C@H](C(=O)N[C@H]([C]=O)CO)C(O)C1CNC(=N)N1C1OC(CO)C(O)C(O)C1O)C(O)C1CNC(=N)N1. The Balaban J connectivity index is 1.16. The molecule has 5 fully saturated rings. The molecule has 20 unspecified atom stereocenters. The molecule has 0 aromatic heterocycles. The van der Waals surface area contributed by atoms with E-state index in [4.69, 9.17) is 40.2 Å². The van der Waals surface area contributed by atoms with Crippen LogP contribution in [0.4, 0.5) is 0 Å². The number of hydrogen-bond donors (Lipinski definition) is 24. The molecule has 35 nitrogen and oxygen atoms in total. The Kier molecular flexibility index (Phi) is 24.2. The largest absolute Gasteiger partial charge is 0.462 e. The molecule has 0 spiro atoms. The molecule has 35 heteroatoms. The summed E-state index contributed by atoms with van der Waals surface area (Å²) in [6.07, 6.45) is -29.7. The molecule has 5 heterocycles. The molecule has 2 aromatic carbocycles. The van der Waals surface area contributed by atoms with Gasteiger partial charge in [0.15, 0.2) is 24.4 Å². The highest BCUT2D eigenvalue weighted by atomic mass is 16.7. The molecule has 489 valence electrons. The van der Waals surface area contributed by atoms with Crippen molar-refractivity contribution < 1.29 is 119 Å². The first-order valence-electron chi connectivity index (χ1n) is 28.1. The van der Waals surface area contributed by atoms with Crippen LogP contribution in [0.2, 0.25) is 0 Å². The van der Waals surface area contributed by atoms with Crippen molar-refractivity contribution in [3.05, 3.63) is 65.7 Å². The maximum atomic E-state index is 14.9. The summed E-state index contributed by atoms with van der Waals surface area (Å²) >= 11 is 0. The minimum absolute atomic E-state index is 0.0487. The van der Waals surface area contributed by atoms with Crippen LogP contribution in [-0.4, -0.2) is 304 Å². The van der Waals surface area contributed by atoms with E-state index >= 15 is 0 Å². The predicted molar refractivity (Wildman–Crippen MR) is 295 cm³/mol. The van der Waals surface area contributed by atoms with Gasteiger partial charge >= 0.3 is 0 Å². The van der Waals surface area contributed by atoms with Gasteiger partial charge in [-0.25, -0.2) is 0 Å². The second-order valence-electron chi connectivity index (χ2n) is 21.7. The van der Waals surface area contributed by atoms with Crippen LogP contribution in [0.15, 0.2) is 54.6 Å². The zero-order valence-electron chi connectivity index (χ0n) is 47.2. The van der Waals surface area contributed by atoms with E-state index in [0.717, 1.165) is 4.90 Å². The summed E-state index contributed by atoms with van der Waals surface area (Å²) in [6.45, 7) is -2.53. The van der Waals surface area contributed by atoms with E-state index < -0.39 is 221 Å². The number of nitrogens with one attached hydrogen (secondary N) is 9. The maximum Gasteiger partial charge on any atom is 0.246 e. The fraction of sp³-hybridized carbons (Fsp3) is 0.642. The van der Waals surface area contributed by atoms with Crippen LogP contribution in [-0.2, 0) is 49.3 Å². The van der Waals surface area contributed by atoms with Crippen LogP contribution in [0.5, 0.6) is 5.75 Å². The summed E-state index contributed by atoms with van der Waals surface area (Å²) < 4.78 is 28.2. The normalized spacial score (nSPS) is 33.4. The topological polar surface area (TPSA) is 576 Å². The van der Waals surface area contributed by atoms with Crippen LogP contribution in [0.25, 0.3) is 0 Å². The van der Waals surface area contributed by atoms with Crippen molar-refractivity contribution in [2.24, 2.45) is 5.73 Å². The zero-order chi connectivity index (χ0) is 64.4. The molecule has 0 saturated carbocycles. The van der Waals surface area contributed by atoms with Crippen molar-refractivity contribution in [1.82, 2.24) is 42.1 Å². The molecule has 5 aliphatic rings. The van der Waals surface area contributed by atoms with E-state index in [0.29, 0.717) is 12.0 Å². The van der Waals surface area contributed by atoms with Crippen LogP contribution in [0, 0.1) is 10.8 Å². The number of carbonyl (C=O) groups is 4. The smallest absolute Gasteiger partial charge is 0.246 e. The van der Waals surface area contributed by atoms with E-state index in [2.05, 4.69) is 37.2 Å². The van der Waals surface area contributed by atoms with Crippen LogP contribution in [0.3, 0.4) is 0 Å². The van der Waals surface area contributed by atoms with Gasteiger partial charge in [-0.1, -0.05) is 49.4 Å². The number of hydrogen-bond acceptors (Lipinski definition) is 27. The third-order valence-corrected chi connectivity index (χ3v) is 16.0. The molecular formula is C53H78N11O24. The van der Waals surface area contributed by atoms with Gasteiger partial charge < -0.3 is 143 Å². The standard InChI is InChI=1S/C53H78N11O24/c1-2-24(21-6-4-3-5-7-21)31(54)46(81)60-25(12-20-8-10-23(11-9-20)84-50-43(79)40(76)44(30(19-69)87-50)88-51-42(78)39(75)37(73)29(18-68)86-51)45(80)62-32(34(70)26-13-57-52(55)61-26)48(83)63-33(47(82)59-22(15-65)16-66)35(71)27-14-58-53(56)64(27)49-41(77)38(74)36(72)28(17-67)85-49/h3-11,22,24-44,49-51,65,67-79H,2,12-15,17-19,54H2,1H3,(H2,56,58)(H,59,82)(H,60,81)(H,62,80)(H,63,83)(H3,55,57,61)/t22-,24?,25-,26?,27?,28?,29?,30?,31-,32-,33-,34?,35?,36?,37?,38?,39?,40?,41?,42?,43?,44?,49?,50?,51?/m0/s1. The van der Waals surface area contributed by atoms with Gasteiger partial charge in [0.05, 0.1) is 44.6 Å². The van der Waals surface area contributed by atoms with Crippen molar-refractivity contribution in [2.45, 2.75) is 172 Å². The lowest BCUT2D eigenvalue weighted by Gasteiger charge is -2.46. The Morgan fingerprint density at radius 2 is 1.26 bits per heavy atom. The highest BCUT2D eigenvalue weighted by Crippen LogP contribution is 2.32. The minimum Gasteiger partial charge on any atom is -0.462 e. The van der Waals surface area contributed by atoms with Crippen LogP contribution < -0.4 is 47.7 Å². The summed E-state index contributed by atoms with van der Waals surface area (Å²) in [4.78, 5) is 70.8. The third kappa shape index (κ3) is 15.6. The fourth-order valence-corrected chi connectivity index (χ4v) is 10.9. The number of ether oxygens (including phenoxy) is 5. The summed E-state index contributed by atoms with van der Waals surface area (Å²) in [5, 5.41) is 183. The Hall–Kier alpha value is -6.43. The van der Waals surface area contributed by atoms with Gasteiger partial charge in [-0.05, 0) is 29.7 Å². The van der Waals surface area contributed by atoms with Gasteiger partial charge in [0.2, 0.25) is 36.2 Å². The third-order valence-electron chi connectivity index (χ3n) is 16.0. The zero-order valence-corrected chi connectivity index (χ0v) is 47.2. The first-order chi connectivity index (χ1) is 41.9. The maximum absolute atomic E-state index is 14.9. The molecule has 88 heavy (non-hydrogen) atoms. The molecule has 5 saturated heterocycles.